The Labute approximate surface area is 85.9 Å². The Morgan fingerprint density at radius 2 is 1.71 bits per heavy atom. The highest BCUT2D eigenvalue weighted by molar-refractivity contribution is 8.09. The second-order valence-electron chi connectivity index (χ2n) is 2.04. The van der Waals surface area contributed by atoms with Crippen LogP contribution in [0.5, 0.6) is 0 Å². The summed E-state index contributed by atoms with van der Waals surface area (Å²) in [4.78, 5) is 9.86. The summed E-state index contributed by atoms with van der Waals surface area (Å²) in [6.07, 6.45) is 0.662. The summed E-state index contributed by atoms with van der Waals surface area (Å²) in [5, 5.41) is 2.53. The quantitative estimate of drug-likeness (QED) is 0.461. The number of benzene rings is 1. The van der Waals surface area contributed by atoms with Gasteiger partial charge < -0.3 is 5.32 Å². The number of para-hydroxylation sites is 1. The van der Waals surface area contributed by atoms with Gasteiger partial charge in [-0.25, -0.2) is 0 Å². The zero-order valence-electron chi connectivity index (χ0n) is 6.92. The molecule has 0 saturated heterocycles. The topological polar surface area (TPSA) is 83.5 Å². The van der Waals surface area contributed by atoms with E-state index >= 15 is 0 Å². The molecular formula is C7H8ClNO4S. The van der Waals surface area contributed by atoms with Gasteiger partial charge in [0.05, 0.1) is 0 Å². The van der Waals surface area contributed by atoms with Crippen molar-refractivity contribution in [2.24, 2.45) is 0 Å². The number of rotatable bonds is 2. The molecule has 1 amide bonds. The lowest BCUT2D eigenvalue weighted by molar-refractivity contribution is -0.105. The van der Waals surface area contributed by atoms with Gasteiger partial charge in [-0.3, -0.25) is 9.35 Å². The van der Waals surface area contributed by atoms with Gasteiger partial charge in [-0.05, 0) is 12.1 Å². The van der Waals surface area contributed by atoms with Crippen LogP contribution in [0.3, 0.4) is 0 Å². The fourth-order valence-corrected chi connectivity index (χ4v) is 0.602. The Hall–Kier alpha value is -1.11. The zero-order chi connectivity index (χ0) is 11.0. The lowest BCUT2D eigenvalue weighted by Crippen LogP contribution is -1.91. The summed E-state index contributed by atoms with van der Waals surface area (Å²) < 4.78 is 25.2. The predicted molar refractivity (Wildman–Crippen MR) is 53.5 cm³/mol. The van der Waals surface area contributed by atoms with Crippen molar-refractivity contribution < 1.29 is 17.8 Å². The molecule has 0 aliphatic heterocycles. The van der Waals surface area contributed by atoms with Gasteiger partial charge in [0.2, 0.25) is 6.41 Å². The molecule has 0 unspecified atom stereocenters. The monoisotopic (exact) mass is 237 g/mol. The Bertz CT molecular complexity index is 357. The van der Waals surface area contributed by atoms with Gasteiger partial charge in [0.25, 0.3) is 0 Å². The minimum Gasteiger partial charge on any atom is -0.329 e. The highest BCUT2D eigenvalue weighted by Crippen LogP contribution is 2.01. The van der Waals surface area contributed by atoms with Crippen LogP contribution in [0.25, 0.3) is 0 Å². The van der Waals surface area contributed by atoms with Crippen LogP contribution in [0.1, 0.15) is 0 Å². The van der Waals surface area contributed by atoms with Gasteiger partial charge in [0.1, 0.15) is 0 Å². The minimum atomic E-state index is -4.19. The third-order valence-corrected chi connectivity index (χ3v) is 0.999. The van der Waals surface area contributed by atoms with Crippen LogP contribution in [-0.2, 0) is 14.1 Å². The van der Waals surface area contributed by atoms with Crippen LogP contribution in [0, 0.1) is 0 Å². The maximum absolute atomic E-state index is 9.86. The number of hydrogen-bond acceptors (Lipinski definition) is 3. The molecule has 0 aliphatic rings. The first kappa shape index (κ1) is 12.9. The van der Waals surface area contributed by atoms with Gasteiger partial charge in [0, 0.05) is 16.4 Å². The standard InChI is InChI=1S/C7H7NO.ClHO3S/c9-6-8-7-4-2-1-3-5-7;1-5(2,3)4/h1-6H,(H,8,9);(H,2,3,4). The van der Waals surface area contributed by atoms with Gasteiger partial charge in [0.15, 0.2) is 0 Å². The van der Waals surface area contributed by atoms with Gasteiger partial charge >= 0.3 is 9.33 Å². The van der Waals surface area contributed by atoms with E-state index in [1.807, 2.05) is 30.3 Å². The fourth-order valence-electron chi connectivity index (χ4n) is 0.602. The normalized spacial score (nSPS) is 9.57. The molecule has 0 fully saturated rings. The number of amides is 1. The van der Waals surface area contributed by atoms with Crippen molar-refractivity contribution in [3.63, 3.8) is 0 Å². The maximum Gasteiger partial charge on any atom is 0.353 e. The van der Waals surface area contributed by atoms with Gasteiger partial charge in [-0.1, -0.05) is 18.2 Å². The Morgan fingerprint density at radius 3 is 2.07 bits per heavy atom. The first-order valence-corrected chi connectivity index (χ1v) is 5.62. The molecule has 0 saturated carbocycles. The van der Waals surface area contributed by atoms with Crippen molar-refractivity contribution in [3.05, 3.63) is 30.3 Å². The number of hydrogen-bond donors (Lipinski definition) is 2. The van der Waals surface area contributed by atoms with E-state index in [-0.39, 0.29) is 0 Å². The van der Waals surface area contributed by atoms with Crippen LogP contribution < -0.4 is 5.32 Å². The molecule has 0 radical (unpaired) electrons. The average molecular weight is 238 g/mol. The van der Waals surface area contributed by atoms with Crippen molar-refractivity contribution in [3.8, 4) is 0 Å². The first-order valence-electron chi connectivity index (χ1n) is 3.36. The summed E-state index contributed by atoms with van der Waals surface area (Å²) in [7, 11) is -0.137. The molecule has 7 heteroatoms. The Kier molecular flexibility index (Phi) is 5.86. The van der Waals surface area contributed by atoms with E-state index in [1.54, 1.807) is 0 Å². The van der Waals surface area contributed by atoms with Crippen molar-refractivity contribution in [1.82, 2.24) is 0 Å². The lowest BCUT2D eigenvalue weighted by Gasteiger charge is -1.93. The van der Waals surface area contributed by atoms with E-state index in [0.29, 0.717) is 6.41 Å². The number of halogens is 1. The molecule has 0 spiro atoms. The molecule has 2 N–H and O–H groups in total. The number of carbonyl (C=O) groups is 1. The molecule has 5 nitrogen and oxygen atoms in total. The molecule has 14 heavy (non-hydrogen) atoms. The second-order valence-corrected chi connectivity index (χ2v) is 4.03. The molecule has 0 bridgehead atoms. The first-order chi connectivity index (χ1) is 6.43. The third kappa shape index (κ3) is 10.9. The van der Waals surface area contributed by atoms with Crippen molar-refractivity contribution in [2.75, 3.05) is 5.32 Å². The lowest BCUT2D eigenvalue weighted by atomic mass is 10.3. The molecule has 0 aliphatic carbocycles. The summed E-state index contributed by atoms with van der Waals surface area (Å²) in [6, 6.07) is 9.29. The SMILES string of the molecule is O=CNc1ccccc1.O=S(=O)(O)Cl. The molecular weight excluding hydrogens is 230 g/mol. The van der Waals surface area contributed by atoms with Crippen LogP contribution in [-0.4, -0.2) is 19.4 Å². The summed E-state index contributed by atoms with van der Waals surface area (Å²) in [6.45, 7) is 0. The summed E-state index contributed by atoms with van der Waals surface area (Å²) in [5.41, 5.74) is 0.826. The van der Waals surface area contributed by atoms with E-state index in [0.717, 1.165) is 5.69 Å². The Balaban J connectivity index is 0.000000292. The van der Waals surface area contributed by atoms with Gasteiger partial charge in [-0.2, -0.15) is 8.42 Å². The van der Waals surface area contributed by atoms with E-state index in [4.69, 9.17) is 13.0 Å². The Morgan fingerprint density at radius 1 is 1.29 bits per heavy atom. The molecule has 1 aromatic rings. The van der Waals surface area contributed by atoms with E-state index in [9.17, 15) is 4.79 Å². The van der Waals surface area contributed by atoms with E-state index in [2.05, 4.69) is 16.0 Å². The summed E-state index contributed by atoms with van der Waals surface area (Å²) in [5.74, 6) is 0. The molecule has 1 rings (SSSR count). The van der Waals surface area contributed by atoms with E-state index in [1.165, 1.54) is 0 Å². The largest absolute Gasteiger partial charge is 0.353 e. The second kappa shape index (κ2) is 6.36. The minimum absolute atomic E-state index is 0.662. The van der Waals surface area contributed by atoms with Crippen molar-refractivity contribution in [2.45, 2.75) is 0 Å². The number of anilines is 1. The molecule has 0 atom stereocenters. The molecule has 0 heterocycles. The van der Waals surface area contributed by atoms with Crippen LogP contribution in [0.15, 0.2) is 30.3 Å². The highest BCUT2D eigenvalue weighted by atomic mass is 35.7. The van der Waals surface area contributed by atoms with Gasteiger partial charge in [-0.15, -0.1) is 0 Å². The van der Waals surface area contributed by atoms with Crippen molar-refractivity contribution >= 4 is 32.1 Å². The van der Waals surface area contributed by atoms with Crippen molar-refractivity contribution in [1.29, 1.82) is 0 Å². The van der Waals surface area contributed by atoms with E-state index < -0.39 is 9.33 Å². The number of nitrogens with one attached hydrogen (secondary N) is 1. The predicted octanol–water partition coefficient (Wildman–Crippen LogP) is 1.28. The fraction of sp³-hybridized carbons (Fsp3) is 0. The maximum atomic E-state index is 9.86. The van der Waals surface area contributed by atoms with Crippen LogP contribution in [0.4, 0.5) is 5.69 Å². The average Bonchev–Trinajstić information content (AvgIpc) is 2.03. The molecule has 0 aromatic heterocycles. The smallest absolute Gasteiger partial charge is 0.329 e. The zero-order valence-corrected chi connectivity index (χ0v) is 8.49. The molecule has 1 aromatic carbocycles. The third-order valence-electron chi connectivity index (χ3n) is 0.999. The summed E-state index contributed by atoms with van der Waals surface area (Å²) >= 11 is 0. The number of carbonyl (C=O) groups excluding carboxylic acids is 1. The highest BCUT2D eigenvalue weighted by Gasteiger charge is 1.86. The molecule has 78 valence electrons. The van der Waals surface area contributed by atoms with Crippen LogP contribution in [0.2, 0.25) is 0 Å². The van der Waals surface area contributed by atoms with Crippen LogP contribution >= 0.6 is 10.7 Å².